The third kappa shape index (κ3) is 4.89. The molecule has 1 aromatic heterocycles. The summed E-state index contributed by atoms with van der Waals surface area (Å²) < 4.78 is 5.46. The van der Waals surface area contributed by atoms with E-state index in [-0.39, 0.29) is 11.8 Å². The Morgan fingerprint density at radius 1 is 1.27 bits per heavy atom. The Morgan fingerprint density at radius 3 is 2.93 bits per heavy atom. The van der Waals surface area contributed by atoms with Crippen LogP contribution in [-0.2, 0) is 11.3 Å². The van der Waals surface area contributed by atoms with E-state index >= 15 is 0 Å². The van der Waals surface area contributed by atoms with Crippen molar-refractivity contribution in [2.75, 3.05) is 18.4 Å². The normalized spacial score (nSPS) is 17.1. The molecule has 0 bridgehead atoms. The highest BCUT2D eigenvalue weighted by Crippen LogP contribution is 2.24. The van der Waals surface area contributed by atoms with E-state index in [4.69, 9.17) is 16.1 Å². The lowest BCUT2D eigenvalue weighted by atomic mass is 9.97. The van der Waals surface area contributed by atoms with Gasteiger partial charge in [-0.2, -0.15) is 4.98 Å². The van der Waals surface area contributed by atoms with Gasteiger partial charge in [-0.3, -0.25) is 9.69 Å². The van der Waals surface area contributed by atoms with Crippen LogP contribution in [-0.4, -0.2) is 34.0 Å². The van der Waals surface area contributed by atoms with Crippen LogP contribution in [0.3, 0.4) is 0 Å². The monoisotopic (exact) mass is 424 g/mol. The molecule has 30 heavy (non-hydrogen) atoms. The SMILES string of the molecule is Cc1cccc(-c2noc(CN3CCCC(C(=O)Nc4ccc(C)c(Cl)c4)C3)n2)c1. The van der Waals surface area contributed by atoms with Crippen LogP contribution in [0.5, 0.6) is 0 Å². The number of halogens is 1. The quantitative estimate of drug-likeness (QED) is 0.633. The molecular formula is C23H25ClN4O2. The van der Waals surface area contributed by atoms with Gasteiger partial charge in [0, 0.05) is 22.8 Å². The average molecular weight is 425 g/mol. The van der Waals surface area contributed by atoms with E-state index in [2.05, 4.69) is 20.4 Å². The van der Waals surface area contributed by atoms with Gasteiger partial charge in [-0.15, -0.1) is 0 Å². The van der Waals surface area contributed by atoms with Crippen LogP contribution in [0, 0.1) is 19.8 Å². The zero-order valence-electron chi connectivity index (χ0n) is 17.2. The third-order valence-corrected chi connectivity index (χ3v) is 5.83. The number of hydrogen-bond acceptors (Lipinski definition) is 5. The molecule has 0 spiro atoms. The molecule has 1 amide bonds. The molecule has 4 rings (SSSR count). The first-order valence-corrected chi connectivity index (χ1v) is 10.5. The Labute approximate surface area is 181 Å². The summed E-state index contributed by atoms with van der Waals surface area (Å²) in [6.07, 6.45) is 1.81. The largest absolute Gasteiger partial charge is 0.338 e. The van der Waals surface area contributed by atoms with Gasteiger partial charge in [0.05, 0.1) is 12.5 Å². The summed E-state index contributed by atoms with van der Waals surface area (Å²) >= 11 is 6.17. The van der Waals surface area contributed by atoms with Gasteiger partial charge >= 0.3 is 0 Å². The van der Waals surface area contributed by atoms with Crippen LogP contribution < -0.4 is 5.32 Å². The molecule has 1 N–H and O–H groups in total. The lowest BCUT2D eigenvalue weighted by Gasteiger charge is -2.30. The van der Waals surface area contributed by atoms with E-state index in [0.29, 0.717) is 29.8 Å². The van der Waals surface area contributed by atoms with Crippen molar-refractivity contribution in [3.8, 4) is 11.4 Å². The Morgan fingerprint density at radius 2 is 2.13 bits per heavy atom. The van der Waals surface area contributed by atoms with Gasteiger partial charge in [0.15, 0.2) is 0 Å². The standard InChI is InChI=1S/C23H25ClN4O2/c1-15-5-3-6-17(11-15)22-26-21(30-27-22)14-28-10-4-7-18(13-28)23(29)25-19-9-8-16(2)20(24)12-19/h3,5-6,8-9,11-12,18H,4,7,10,13-14H2,1-2H3,(H,25,29). The van der Waals surface area contributed by atoms with Crippen molar-refractivity contribution in [3.05, 3.63) is 64.5 Å². The van der Waals surface area contributed by atoms with Crippen molar-refractivity contribution in [1.82, 2.24) is 15.0 Å². The van der Waals surface area contributed by atoms with Gasteiger partial charge in [0.25, 0.3) is 0 Å². The van der Waals surface area contributed by atoms with Crippen LogP contribution in [0.25, 0.3) is 11.4 Å². The number of likely N-dealkylation sites (tertiary alicyclic amines) is 1. The molecule has 1 aliphatic rings. The van der Waals surface area contributed by atoms with E-state index in [9.17, 15) is 4.79 Å². The van der Waals surface area contributed by atoms with Gasteiger partial charge in [-0.1, -0.05) is 46.6 Å². The number of aryl methyl sites for hydroxylation is 2. The molecule has 7 heteroatoms. The van der Waals surface area contributed by atoms with E-state index < -0.39 is 0 Å². The second-order valence-electron chi connectivity index (χ2n) is 7.91. The van der Waals surface area contributed by atoms with E-state index in [1.54, 1.807) is 6.07 Å². The number of carbonyl (C=O) groups is 1. The molecule has 0 saturated carbocycles. The number of hydrogen-bond donors (Lipinski definition) is 1. The molecule has 6 nitrogen and oxygen atoms in total. The van der Waals surface area contributed by atoms with Crippen molar-refractivity contribution in [1.29, 1.82) is 0 Å². The number of amides is 1. The number of piperidine rings is 1. The lowest BCUT2D eigenvalue weighted by molar-refractivity contribution is -0.121. The molecule has 3 aromatic rings. The molecule has 1 fully saturated rings. The van der Waals surface area contributed by atoms with Crippen molar-refractivity contribution < 1.29 is 9.32 Å². The molecule has 2 aromatic carbocycles. The maximum absolute atomic E-state index is 12.8. The number of rotatable bonds is 5. The number of benzene rings is 2. The third-order valence-electron chi connectivity index (χ3n) is 5.42. The molecule has 0 radical (unpaired) electrons. The second-order valence-corrected chi connectivity index (χ2v) is 8.32. The molecule has 2 heterocycles. The van der Waals surface area contributed by atoms with Gasteiger partial charge in [-0.25, -0.2) is 0 Å². The summed E-state index contributed by atoms with van der Waals surface area (Å²) in [5.74, 6) is 1.10. The maximum Gasteiger partial charge on any atom is 0.241 e. The van der Waals surface area contributed by atoms with Crippen molar-refractivity contribution in [2.24, 2.45) is 5.92 Å². The summed E-state index contributed by atoms with van der Waals surface area (Å²) in [6.45, 7) is 6.08. The van der Waals surface area contributed by atoms with E-state index in [1.807, 2.05) is 50.2 Å². The number of nitrogens with one attached hydrogen (secondary N) is 1. The first-order valence-electron chi connectivity index (χ1n) is 10.2. The Bertz CT molecular complexity index is 1050. The Hall–Kier alpha value is -2.70. The number of carbonyl (C=O) groups excluding carboxylic acids is 1. The smallest absolute Gasteiger partial charge is 0.241 e. The number of anilines is 1. The predicted molar refractivity (Wildman–Crippen MR) is 117 cm³/mol. The minimum absolute atomic E-state index is 0.0191. The van der Waals surface area contributed by atoms with Gasteiger partial charge in [0.1, 0.15) is 0 Å². The first kappa shape index (κ1) is 20.6. The molecule has 156 valence electrons. The fourth-order valence-corrected chi connectivity index (χ4v) is 3.92. The minimum Gasteiger partial charge on any atom is -0.338 e. The van der Waals surface area contributed by atoms with Crippen molar-refractivity contribution in [2.45, 2.75) is 33.2 Å². The van der Waals surface area contributed by atoms with E-state index in [1.165, 1.54) is 0 Å². The molecule has 1 unspecified atom stereocenters. The summed E-state index contributed by atoms with van der Waals surface area (Å²) in [7, 11) is 0. The fourth-order valence-electron chi connectivity index (χ4n) is 3.74. The average Bonchev–Trinajstić information content (AvgIpc) is 3.19. The maximum atomic E-state index is 12.8. The second kappa shape index (κ2) is 8.98. The van der Waals surface area contributed by atoms with Gasteiger partial charge < -0.3 is 9.84 Å². The first-order chi connectivity index (χ1) is 14.5. The van der Waals surface area contributed by atoms with Crippen LogP contribution in [0.15, 0.2) is 47.0 Å². The molecular weight excluding hydrogens is 400 g/mol. The zero-order chi connectivity index (χ0) is 21.1. The minimum atomic E-state index is -0.0852. The summed E-state index contributed by atoms with van der Waals surface area (Å²) in [5.41, 5.74) is 3.81. The summed E-state index contributed by atoms with van der Waals surface area (Å²) in [6, 6.07) is 13.6. The topological polar surface area (TPSA) is 71.3 Å². The van der Waals surface area contributed by atoms with Gasteiger partial charge in [0.2, 0.25) is 17.6 Å². The molecule has 1 saturated heterocycles. The van der Waals surface area contributed by atoms with Crippen molar-refractivity contribution in [3.63, 3.8) is 0 Å². The summed E-state index contributed by atoms with van der Waals surface area (Å²) in [5, 5.41) is 7.76. The van der Waals surface area contributed by atoms with E-state index in [0.717, 1.165) is 41.8 Å². The highest BCUT2D eigenvalue weighted by Gasteiger charge is 2.27. The molecule has 1 atom stereocenters. The lowest BCUT2D eigenvalue weighted by Crippen LogP contribution is -2.40. The fraction of sp³-hybridized carbons (Fsp3) is 0.348. The zero-order valence-corrected chi connectivity index (χ0v) is 17.9. The highest BCUT2D eigenvalue weighted by atomic mass is 35.5. The number of nitrogens with zero attached hydrogens (tertiary/aromatic N) is 3. The van der Waals surface area contributed by atoms with Crippen LogP contribution >= 0.6 is 11.6 Å². The Balaban J connectivity index is 1.37. The van der Waals surface area contributed by atoms with Gasteiger partial charge in [-0.05, 0) is 57.0 Å². The van der Waals surface area contributed by atoms with Crippen LogP contribution in [0.2, 0.25) is 5.02 Å². The number of aromatic nitrogens is 2. The Kier molecular flexibility index (Phi) is 6.16. The highest BCUT2D eigenvalue weighted by molar-refractivity contribution is 6.31. The predicted octanol–water partition coefficient (Wildman–Crippen LogP) is 4.86. The van der Waals surface area contributed by atoms with Crippen LogP contribution in [0.1, 0.15) is 29.9 Å². The van der Waals surface area contributed by atoms with Crippen molar-refractivity contribution >= 4 is 23.2 Å². The molecule has 0 aliphatic carbocycles. The molecule has 1 aliphatic heterocycles. The summed E-state index contributed by atoms with van der Waals surface area (Å²) in [4.78, 5) is 19.5. The van der Waals surface area contributed by atoms with Crippen LogP contribution in [0.4, 0.5) is 5.69 Å².